The summed E-state index contributed by atoms with van der Waals surface area (Å²) in [6.45, 7) is 1.67. The predicted octanol–water partition coefficient (Wildman–Crippen LogP) is 0.247. The molecule has 0 amide bonds. The fourth-order valence-electron chi connectivity index (χ4n) is 0.800. The molecular formula is C6H8N2O2. The van der Waals surface area contributed by atoms with E-state index in [1.54, 1.807) is 14.0 Å². The van der Waals surface area contributed by atoms with Crippen molar-refractivity contribution >= 4 is 6.29 Å². The zero-order chi connectivity index (χ0) is 7.72. The van der Waals surface area contributed by atoms with Crippen molar-refractivity contribution in [3.8, 4) is 5.88 Å². The van der Waals surface area contributed by atoms with E-state index in [2.05, 4.69) is 5.10 Å². The molecule has 54 valence electrons. The second-order valence-corrected chi connectivity index (χ2v) is 2.06. The van der Waals surface area contributed by atoms with Crippen molar-refractivity contribution in [2.24, 2.45) is 7.05 Å². The highest BCUT2D eigenvalue weighted by Crippen LogP contribution is 2.15. The normalized spacial score (nSPS) is 9.80. The van der Waals surface area contributed by atoms with Crippen molar-refractivity contribution in [3.63, 3.8) is 0 Å². The molecular weight excluding hydrogens is 132 g/mol. The van der Waals surface area contributed by atoms with Gasteiger partial charge in [-0.2, -0.15) is 5.10 Å². The highest BCUT2D eigenvalue weighted by molar-refractivity contribution is 5.79. The lowest BCUT2D eigenvalue weighted by molar-refractivity contribution is 0.112. The molecule has 1 heterocycles. The van der Waals surface area contributed by atoms with Gasteiger partial charge in [0.25, 0.3) is 0 Å². The Morgan fingerprint density at radius 2 is 2.30 bits per heavy atom. The lowest BCUT2D eigenvalue weighted by Crippen LogP contribution is -1.88. The standard InChI is InChI=1S/C6H8N2O2/c1-4-5(3-9)6(10)8(2)7-4/h3,10H,1-2H3. The van der Waals surface area contributed by atoms with Gasteiger partial charge in [0.1, 0.15) is 0 Å². The number of aromatic hydroxyl groups is 1. The molecule has 0 aliphatic rings. The number of nitrogens with zero attached hydrogens (tertiary/aromatic N) is 2. The molecule has 0 aliphatic heterocycles. The molecule has 0 fully saturated rings. The number of rotatable bonds is 1. The van der Waals surface area contributed by atoms with Crippen LogP contribution >= 0.6 is 0 Å². The van der Waals surface area contributed by atoms with Crippen molar-refractivity contribution in [2.75, 3.05) is 0 Å². The van der Waals surface area contributed by atoms with Crippen molar-refractivity contribution in [1.29, 1.82) is 0 Å². The van der Waals surface area contributed by atoms with Crippen molar-refractivity contribution < 1.29 is 9.90 Å². The van der Waals surface area contributed by atoms with Crippen molar-refractivity contribution in [3.05, 3.63) is 11.3 Å². The molecule has 10 heavy (non-hydrogen) atoms. The van der Waals surface area contributed by atoms with Crippen molar-refractivity contribution in [2.45, 2.75) is 6.92 Å². The van der Waals surface area contributed by atoms with E-state index in [9.17, 15) is 4.79 Å². The Kier molecular flexibility index (Phi) is 1.45. The summed E-state index contributed by atoms with van der Waals surface area (Å²) >= 11 is 0. The Morgan fingerprint density at radius 3 is 2.50 bits per heavy atom. The minimum absolute atomic E-state index is 0.0764. The SMILES string of the molecule is Cc1nn(C)c(O)c1C=O. The summed E-state index contributed by atoms with van der Waals surface area (Å²) in [4.78, 5) is 10.2. The van der Waals surface area contributed by atoms with Crippen LogP contribution in [0.3, 0.4) is 0 Å². The quantitative estimate of drug-likeness (QED) is 0.569. The number of hydrogen-bond acceptors (Lipinski definition) is 3. The topological polar surface area (TPSA) is 55.1 Å². The maximum atomic E-state index is 10.2. The average molecular weight is 140 g/mol. The minimum atomic E-state index is -0.0764. The Labute approximate surface area is 58.1 Å². The van der Waals surface area contributed by atoms with Gasteiger partial charge in [-0.25, -0.2) is 4.68 Å². The zero-order valence-electron chi connectivity index (χ0n) is 5.83. The van der Waals surface area contributed by atoms with E-state index >= 15 is 0 Å². The van der Waals surface area contributed by atoms with Crippen LogP contribution in [0.4, 0.5) is 0 Å². The molecule has 4 nitrogen and oxygen atoms in total. The number of aldehydes is 1. The molecule has 1 aromatic rings. The lowest BCUT2D eigenvalue weighted by Gasteiger charge is -1.88. The highest BCUT2D eigenvalue weighted by Gasteiger charge is 2.09. The second kappa shape index (κ2) is 2.13. The van der Waals surface area contributed by atoms with Gasteiger partial charge in [0.15, 0.2) is 6.29 Å². The van der Waals surface area contributed by atoms with Crippen LogP contribution in [0.5, 0.6) is 5.88 Å². The van der Waals surface area contributed by atoms with Gasteiger partial charge >= 0.3 is 0 Å². The first-order valence-corrected chi connectivity index (χ1v) is 2.84. The van der Waals surface area contributed by atoms with Gasteiger partial charge < -0.3 is 5.11 Å². The van der Waals surface area contributed by atoms with E-state index < -0.39 is 0 Å². The summed E-state index contributed by atoms with van der Waals surface area (Å²) in [5.74, 6) is -0.0764. The molecule has 0 aromatic carbocycles. The fraction of sp³-hybridized carbons (Fsp3) is 0.333. The van der Waals surface area contributed by atoms with Crippen molar-refractivity contribution in [1.82, 2.24) is 9.78 Å². The van der Waals surface area contributed by atoms with E-state index in [4.69, 9.17) is 5.11 Å². The minimum Gasteiger partial charge on any atom is -0.493 e. The predicted molar refractivity (Wildman–Crippen MR) is 35.0 cm³/mol. The Morgan fingerprint density at radius 1 is 1.70 bits per heavy atom. The van der Waals surface area contributed by atoms with Crippen LogP contribution in [0, 0.1) is 6.92 Å². The molecule has 0 bridgehead atoms. The van der Waals surface area contributed by atoms with Gasteiger partial charge in [0, 0.05) is 7.05 Å². The molecule has 1 rings (SSSR count). The molecule has 1 aromatic heterocycles. The van der Waals surface area contributed by atoms with E-state index in [0.717, 1.165) is 0 Å². The second-order valence-electron chi connectivity index (χ2n) is 2.06. The molecule has 0 radical (unpaired) electrons. The molecule has 0 aliphatic carbocycles. The third kappa shape index (κ3) is 0.775. The van der Waals surface area contributed by atoms with Gasteiger partial charge in [-0.3, -0.25) is 4.79 Å². The highest BCUT2D eigenvalue weighted by atomic mass is 16.3. The van der Waals surface area contributed by atoms with Gasteiger partial charge in [0.05, 0.1) is 11.3 Å². The summed E-state index contributed by atoms with van der Waals surface area (Å²) in [5.41, 5.74) is 0.817. The third-order valence-electron chi connectivity index (χ3n) is 1.36. The molecule has 0 atom stereocenters. The largest absolute Gasteiger partial charge is 0.493 e. The number of carbonyl (C=O) groups excluding carboxylic acids is 1. The van der Waals surface area contributed by atoms with E-state index in [-0.39, 0.29) is 11.4 Å². The molecule has 0 spiro atoms. The van der Waals surface area contributed by atoms with Crippen LogP contribution < -0.4 is 0 Å². The van der Waals surface area contributed by atoms with E-state index in [0.29, 0.717) is 12.0 Å². The van der Waals surface area contributed by atoms with Crippen LogP contribution in [-0.2, 0) is 7.05 Å². The van der Waals surface area contributed by atoms with Crippen LogP contribution in [-0.4, -0.2) is 21.2 Å². The summed E-state index contributed by atoms with van der Waals surface area (Å²) in [6.07, 6.45) is 0.595. The average Bonchev–Trinajstić information content (AvgIpc) is 2.09. The fourth-order valence-corrected chi connectivity index (χ4v) is 0.800. The first kappa shape index (κ1) is 6.80. The molecule has 4 heteroatoms. The first-order valence-electron chi connectivity index (χ1n) is 2.84. The maximum Gasteiger partial charge on any atom is 0.220 e. The third-order valence-corrected chi connectivity index (χ3v) is 1.36. The zero-order valence-corrected chi connectivity index (χ0v) is 5.83. The molecule has 0 saturated carbocycles. The number of aromatic nitrogens is 2. The first-order chi connectivity index (χ1) is 4.66. The van der Waals surface area contributed by atoms with Crippen LogP contribution in [0.15, 0.2) is 0 Å². The Bertz CT molecular complexity index is 265. The summed E-state index contributed by atoms with van der Waals surface area (Å²) < 4.78 is 1.26. The summed E-state index contributed by atoms with van der Waals surface area (Å²) in [5, 5.41) is 12.9. The lowest BCUT2D eigenvalue weighted by atomic mass is 10.3. The van der Waals surface area contributed by atoms with Gasteiger partial charge in [-0.05, 0) is 6.92 Å². The van der Waals surface area contributed by atoms with Crippen LogP contribution in [0.1, 0.15) is 16.1 Å². The smallest absolute Gasteiger partial charge is 0.220 e. The maximum absolute atomic E-state index is 10.2. The van der Waals surface area contributed by atoms with Gasteiger partial charge in [0.2, 0.25) is 5.88 Å². The number of hydrogen-bond donors (Lipinski definition) is 1. The van der Waals surface area contributed by atoms with Crippen LogP contribution in [0.2, 0.25) is 0 Å². The van der Waals surface area contributed by atoms with Gasteiger partial charge in [-0.15, -0.1) is 0 Å². The van der Waals surface area contributed by atoms with Gasteiger partial charge in [-0.1, -0.05) is 0 Å². The summed E-state index contributed by atoms with van der Waals surface area (Å²) in [6, 6.07) is 0. The molecule has 1 N–H and O–H groups in total. The Hall–Kier alpha value is -1.32. The molecule has 0 unspecified atom stereocenters. The molecule has 0 saturated heterocycles. The van der Waals surface area contributed by atoms with Crippen LogP contribution in [0.25, 0.3) is 0 Å². The summed E-state index contributed by atoms with van der Waals surface area (Å²) in [7, 11) is 1.58. The van der Waals surface area contributed by atoms with E-state index in [1.165, 1.54) is 4.68 Å². The number of carbonyl (C=O) groups is 1. The monoisotopic (exact) mass is 140 g/mol. The number of aryl methyl sites for hydroxylation is 2. The van der Waals surface area contributed by atoms with E-state index in [1.807, 2.05) is 0 Å². The Balaban J connectivity index is 3.33.